The predicted octanol–water partition coefficient (Wildman–Crippen LogP) is 3.72. The van der Waals surface area contributed by atoms with Crippen LogP contribution < -0.4 is 5.32 Å². The van der Waals surface area contributed by atoms with Crippen molar-refractivity contribution in [3.8, 4) is 0 Å². The highest BCUT2D eigenvalue weighted by Crippen LogP contribution is 2.19. The van der Waals surface area contributed by atoms with Crippen LogP contribution in [0.3, 0.4) is 0 Å². The molecule has 2 rings (SSSR count). The molecule has 2 aromatic carbocycles. The molecule has 1 amide bonds. The van der Waals surface area contributed by atoms with Crippen molar-refractivity contribution in [2.75, 3.05) is 0 Å². The van der Waals surface area contributed by atoms with Gasteiger partial charge in [0.1, 0.15) is 0 Å². The molecule has 0 saturated heterocycles. The van der Waals surface area contributed by atoms with E-state index in [0.29, 0.717) is 6.42 Å². The summed E-state index contributed by atoms with van der Waals surface area (Å²) in [5, 5.41) is 3.07. The van der Waals surface area contributed by atoms with Crippen LogP contribution in [0.2, 0.25) is 0 Å². The number of carbonyl (C=O) groups excluding carboxylic acids is 1. The summed E-state index contributed by atoms with van der Waals surface area (Å²) in [6.45, 7) is 6.18. The summed E-state index contributed by atoms with van der Waals surface area (Å²) in [4.78, 5) is 12.1. The van der Waals surface area contributed by atoms with Gasteiger partial charge in [-0.3, -0.25) is 4.79 Å². The van der Waals surface area contributed by atoms with E-state index in [9.17, 15) is 4.79 Å². The van der Waals surface area contributed by atoms with Crippen molar-refractivity contribution in [2.45, 2.75) is 33.2 Å². The van der Waals surface area contributed by atoms with E-state index in [-0.39, 0.29) is 11.9 Å². The molecule has 2 aromatic rings. The maximum atomic E-state index is 12.1. The Morgan fingerprint density at radius 1 is 1.10 bits per heavy atom. The van der Waals surface area contributed by atoms with Crippen molar-refractivity contribution in [3.05, 3.63) is 70.8 Å². The van der Waals surface area contributed by atoms with E-state index in [2.05, 4.69) is 37.4 Å². The van der Waals surface area contributed by atoms with Gasteiger partial charge in [0.15, 0.2) is 0 Å². The lowest BCUT2D eigenvalue weighted by Crippen LogP contribution is -2.28. The molecule has 0 fully saturated rings. The third-order valence-corrected chi connectivity index (χ3v) is 3.49. The molecule has 0 spiro atoms. The molecule has 2 heteroatoms. The summed E-state index contributed by atoms with van der Waals surface area (Å²) < 4.78 is 0. The number of benzene rings is 2. The lowest BCUT2D eigenvalue weighted by Gasteiger charge is -2.17. The average Bonchev–Trinajstić information content (AvgIpc) is 2.42. The fourth-order valence-electron chi connectivity index (χ4n) is 2.38. The zero-order valence-corrected chi connectivity index (χ0v) is 12.3. The molecule has 104 valence electrons. The highest BCUT2D eigenvalue weighted by Gasteiger charge is 2.12. The summed E-state index contributed by atoms with van der Waals surface area (Å²) in [7, 11) is 0. The molecule has 20 heavy (non-hydrogen) atoms. The summed E-state index contributed by atoms with van der Waals surface area (Å²) in [5.74, 6) is 0.0598. The van der Waals surface area contributed by atoms with Crippen LogP contribution in [0.15, 0.2) is 48.5 Å². The first-order valence-corrected chi connectivity index (χ1v) is 6.96. The largest absolute Gasteiger partial charge is 0.349 e. The fourth-order valence-corrected chi connectivity index (χ4v) is 2.38. The van der Waals surface area contributed by atoms with Crippen LogP contribution in [-0.4, -0.2) is 5.91 Å². The van der Waals surface area contributed by atoms with Gasteiger partial charge in [-0.2, -0.15) is 0 Å². The number of nitrogens with one attached hydrogen (secondary N) is 1. The van der Waals surface area contributed by atoms with Gasteiger partial charge >= 0.3 is 0 Å². The van der Waals surface area contributed by atoms with Gasteiger partial charge in [-0.05, 0) is 37.5 Å². The van der Waals surface area contributed by atoms with Gasteiger partial charge in [-0.1, -0.05) is 54.1 Å². The normalized spacial score (nSPS) is 11.9. The number of amides is 1. The Kier molecular flexibility index (Phi) is 4.57. The fraction of sp³-hybridized carbons (Fsp3) is 0.278. The maximum absolute atomic E-state index is 12.1. The molecule has 0 aliphatic heterocycles. The van der Waals surface area contributed by atoms with Crippen LogP contribution >= 0.6 is 0 Å². The van der Waals surface area contributed by atoms with Gasteiger partial charge in [0.2, 0.25) is 5.91 Å². The number of carbonyl (C=O) groups is 1. The van der Waals surface area contributed by atoms with E-state index < -0.39 is 0 Å². The van der Waals surface area contributed by atoms with Gasteiger partial charge in [0.05, 0.1) is 12.5 Å². The minimum atomic E-state index is 0.0334. The molecule has 0 aromatic heterocycles. The Morgan fingerprint density at radius 3 is 2.50 bits per heavy atom. The topological polar surface area (TPSA) is 29.1 Å². The van der Waals surface area contributed by atoms with E-state index >= 15 is 0 Å². The van der Waals surface area contributed by atoms with E-state index in [1.54, 1.807) is 0 Å². The van der Waals surface area contributed by atoms with Gasteiger partial charge in [-0.25, -0.2) is 0 Å². The molecular formula is C18H21NO. The first-order valence-electron chi connectivity index (χ1n) is 6.96. The molecule has 0 saturated carbocycles. The Bertz CT molecular complexity index is 590. The van der Waals surface area contributed by atoms with E-state index in [0.717, 1.165) is 5.56 Å². The average molecular weight is 267 g/mol. The van der Waals surface area contributed by atoms with Crippen molar-refractivity contribution >= 4 is 5.91 Å². The van der Waals surface area contributed by atoms with Gasteiger partial charge in [0, 0.05) is 0 Å². The first kappa shape index (κ1) is 14.3. The second kappa shape index (κ2) is 6.38. The molecular weight excluding hydrogens is 246 g/mol. The minimum Gasteiger partial charge on any atom is -0.349 e. The SMILES string of the molecule is Cc1ccc(C)c(C(C)NC(=O)Cc2ccccc2)c1. The van der Waals surface area contributed by atoms with Gasteiger partial charge in [-0.15, -0.1) is 0 Å². The molecule has 1 unspecified atom stereocenters. The number of hydrogen-bond acceptors (Lipinski definition) is 1. The first-order chi connectivity index (χ1) is 9.56. The third kappa shape index (κ3) is 3.70. The summed E-state index contributed by atoms with van der Waals surface area (Å²) in [6, 6.07) is 16.2. The Balaban J connectivity index is 2.02. The Labute approximate surface area is 120 Å². The molecule has 0 heterocycles. The number of rotatable bonds is 4. The third-order valence-electron chi connectivity index (χ3n) is 3.49. The van der Waals surface area contributed by atoms with Crippen LogP contribution in [0.5, 0.6) is 0 Å². The summed E-state index contributed by atoms with van der Waals surface area (Å²) in [6.07, 6.45) is 0.427. The highest BCUT2D eigenvalue weighted by atomic mass is 16.1. The summed E-state index contributed by atoms with van der Waals surface area (Å²) >= 11 is 0. The van der Waals surface area contributed by atoms with E-state index in [1.165, 1.54) is 16.7 Å². The van der Waals surface area contributed by atoms with Gasteiger partial charge in [0.25, 0.3) is 0 Å². The van der Waals surface area contributed by atoms with Crippen LogP contribution in [0, 0.1) is 13.8 Å². The van der Waals surface area contributed by atoms with Crippen molar-refractivity contribution in [1.82, 2.24) is 5.32 Å². The number of hydrogen-bond donors (Lipinski definition) is 1. The van der Waals surface area contributed by atoms with E-state index in [1.807, 2.05) is 37.3 Å². The van der Waals surface area contributed by atoms with Gasteiger partial charge < -0.3 is 5.32 Å². The lowest BCUT2D eigenvalue weighted by molar-refractivity contribution is -0.121. The molecule has 0 radical (unpaired) electrons. The Morgan fingerprint density at radius 2 is 1.80 bits per heavy atom. The van der Waals surface area contributed by atoms with Crippen LogP contribution in [0.25, 0.3) is 0 Å². The molecule has 0 aliphatic rings. The molecule has 0 aliphatic carbocycles. The zero-order valence-electron chi connectivity index (χ0n) is 12.3. The lowest BCUT2D eigenvalue weighted by atomic mass is 10.00. The second-order valence-electron chi connectivity index (χ2n) is 5.31. The van der Waals surface area contributed by atoms with Crippen LogP contribution in [0.4, 0.5) is 0 Å². The molecule has 0 bridgehead atoms. The molecule has 1 N–H and O–H groups in total. The quantitative estimate of drug-likeness (QED) is 0.898. The maximum Gasteiger partial charge on any atom is 0.224 e. The minimum absolute atomic E-state index is 0.0334. The predicted molar refractivity (Wildman–Crippen MR) is 82.6 cm³/mol. The highest BCUT2D eigenvalue weighted by molar-refractivity contribution is 5.79. The van der Waals surface area contributed by atoms with Crippen molar-refractivity contribution < 1.29 is 4.79 Å². The zero-order chi connectivity index (χ0) is 14.5. The smallest absolute Gasteiger partial charge is 0.224 e. The second-order valence-corrected chi connectivity index (χ2v) is 5.31. The van der Waals surface area contributed by atoms with Crippen molar-refractivity contribution in [1.29, 1.82) is 0 Å². The Hall–Kier alpha value is -2.09. The molecule has 1 atom stereocenters. The number of aryl methyl sites for hydroxylation is 2. The van der Waals surface area contributed by atoms with E-state index in [4.69, 9.17) is 0 Å². The van der Waals surface area contributed by atoms with Crippen LogP contribution in [-0.2, 0) is 11.2 Å². The summed E-state index contributed by atoms with van der Waals surface area (Å²) in [5.41, 5.74) is 4.66. The monoisotopic (exact) mass is 267 g/mol. The van der Waals surface area contributed by atoms with Crippen LogP contribution in [0.1, 0.15) is 35.2 Å². The standard InChI is InChI=1S/C18H21NO/c1-13-9-10-14(2)17(11-13)15(3)19-18(20)12-16-7-5-4-6-8-16/h4-11,15H,12H2,1-3H3,(H,19,20). The molecule has 2 nitrogen and oxygen atoms in total. The van der Waals surface area contributed by atoms with Crippen molar-refractivity contribution in [2.24, 2.45) is 0 Å². The van der Waals surface area contributed by atoms with Crippen molar-refractivity contribution in [3.63, 3.8) is 0 Å².